The molecule has 0 radical (unpaired) electrons. The second-order valence-corrected chi connectivity index (χ2v) is 6.00. The van der Waals surface area contributed by atoms with Gasteiger partial charge in [0.05, 0.1) is 24.2 Å². The van der Waals surface area contributed by atoms with Gasteiger partial charge in [-0.25, -0.2) is 0 Å². The summed E-state index contributed by atoms with van der Waals surface area (Å²) in [5, 5.41) is 0. The molecule has 1 unspecified atom stereocenters. The van der Waals surface area contributed by atoms with Gasteiger partial charge >= 0.3 is 13.1 Å². The maximum Gasteiger partial charge on any atom is 0.490 e. The largest absolute Gasteiger partial charge is 0.490 e. The first kappa shape index (κ1) is 13.6. The van der Waals surface area contributed by atoms with Crippen molar-refractivity contribution in [3.05, 3.63) is 11.5 Å². The van der Waals surface area contributed by atoms with E-state index in [1.165, 1.54) is 7.11 Å². The van der Waals surface area contributed by atoms with Crippen LogP contribution in [0.1, 0.15) is 40.5 Å². The van der Waals surface area contributed by atoms with Gasteiger partial charge in [-0.2, -0.15) is 0 Å². The topological polar surface area (TPSA) is 44.8 Å². The second kappa shape index (κ2) is 4.39. The third-order valence-electron chi connectivity index (χ3n) is 4.22. The van der Waals surface area contributed by atoms with E-state index in [2.05, 4.69) is 0 Å². The minimum absolute atomic E-state index is 0.149. The van der Waals surface area contributed by atoms with E-state index in [4.69, 9.17) is 14.0 Å². The molecule has 0 N–H and O–H groups in total. The monoisotopic (exact) mass is 252 g/mol. The van der Waals surface area contributed by atoms with Crippen molar-refractivity contribution < 1.29 is 18.8 Å². The number of rotatable bonds is 2. The van der Waals surface area contributed by atoms with E-state index in [-0.39, 0.29) is 30.2 Å². The van der Waals surface area contributed by atoms with Crippen LogP contribution in [0.3, 0.4) is 0 Å². The molecule has 1 saturated heterocycles. The predicted octanol–water partition coefficient (Wildman–Crippen LogP) is 2.13. The maximum atomic E-state index is 11.5. The normalized spacial score (nSPS) is 29.3. The summed E-state index contributed by atoms with van der Waals surface area (Å²) in [5.74, 6) is -0.328. The van der Waals surface area contributed by atoms with Gasteiger partial charge in [0, 0.05) is 0 Å². The molecule has 100 valence electrons. The van der Waals surface area contributed by atoms with Crippen LogP contribution in [0.15, 0.2) is 11.5 Å². The van der Waals surface area contributed by atoms with Gasteiger partial charge in [-0.15, -0.1) is 0 Å². The number of allylic oxidation sites excluding steroid dienone is 1. The molecule has 0 aromatic carbocycles. The Morgan fingerprint density at radius 2 is 1.89 bits per heavy atom. The van der Waals surface area contributed by atoms with Crippen LogP contribution < -0.4 is 0 Å². The van der Waals surface area contributed by atoms with Crippen molar-refractivity contribution in [3.63, 3.8) is 0 Å². The van der Waals surface area contributed by atoms with E-state index < -0.39 is 0 Å². The Kier molecular flexibility index (Phi) is 3.32. The first-order chi connectivity index (χ1) is 8.27. The van der Waals surface area contributed by atoms with E-state index in [1.807, 2.05) is 33.8 Å². The maximum absolute atomic E-state index is 11.5. The van der Waals surface area contributed by atoms with Gasteiger partial charge in [-0.3, -0.25) is 4.79 Å². The summed E-state index contributed by atoms with van der Waals surface area (Å²) in [6.07, 6.45) is 3.55. The van der Waals surface area contributed by atoms with Crippen molar-refractivity contribution in [2.75, 3.05) is 7.11 Å². The van der Waals surface area contributed by atoms with Crippen molar-refractivity contribution in [1.82, 2.24) is 0 Å². The zero-order chi connectivity index (χ0) is 13.6. The molecule has 1 atom stereocenters. The lowest BCUT2D eigenvalue weighted by atomic mass is 9.78. The van der Waals surface area contributed by atoms with Gasteiger partial charge in [0.2, 0.25) is 0 Å². The van der Waals surface area contributed by atoms with Crippen LogP contribution in [-0.4, -0.2) is 31.4 Å². The number of esters is 1. The van der Waals surface area contributed by atoms with Gasteiger partial charge in [0.25, 0.3) is 0 Å². The molecule has 1 aliphatic carbocycles. The van der Waals surface area contributed by atoms with Crippen LogP contribution in [0.2, 0.25) is 0 Å². The van der Waals surface area contributed by atoms with Crippen LogP contribution in [0.5, 0.6) is 0 Å². The van der Waals surface area contributed by atoms with Gasteiger partial charge in [0.1, 0.15) is 0 Å². The van der Waals surface area contributed by atoms with Gasteiger partial charge in [-0.1, -0.05) is 6.08 Å². The number of carbonyl (C=O) groups excluding carboxylic acids is 1. The lowest BCUT2D eigenvalue weighted by molar-refractivity contribution is -0.143. The average molecular weight is 252 g/mol. The minimum Gasteiger partial charge on any atom is -0.469 e. The third-order valence-corrected chi connectivity index (χ3v) is 4.22. The van der Waals surface area contributed by atoms with Gasteiger partial charge in [-0.05, 0) is 46.0 Å². The van der Waals surface area contributed by atoms with E-state index in [0.29, 0.717) is 0 Å². The van der Waals surface area contributed by atoms with E-state index >= 15 is 0 Å². The highest BCUT2D eigenvalue weighted by Gasteiger charge is 2.52. The summed E-state index contributed by atoms with van der Waals surface area (Å²) in [6, 6.07) is 0. The molecule has 0 spiro atoms. The summed E-state index contributed by atoms with van der Waals surface area (Å²) < 4.78 is 16.7. The standard InChI is InChI=1S/C13H21BO4/c1-12(2)13(3,4)18-14(17-12)10-7-6-9(8-10)11(15)16-5/h8-9H,6-7H2,1-5H3. The van der Waals surface area contributed by atoms with Gasteiger partial charge in [0.15, 0.2) is 0 Å². The fraction of sp³-hybridized carbons (Fsp3) is 0.769. The van der Waals surface area contributed by atoms with Crippen molar-refractivity contribution >= 4 is 13.1 Å². The summed E-state index contributed by atoms with van der Waals surface area (Å²) in [7, 11) is 1.09. The van der Waals surface area contributed by atoms with Crippen LogP contribution in [-0.2, 0) is 18.8 Å². The summed E-state index contributed by atoms with van der Waals surface area (Å²) in [4.78, 5) is 11.5. The first-order valence-corrected chi connectivity index (χ1v) is 6.41. The Labute approximate surface area is 109 Å². The molecule has 1 aliphatic heterocycles. The predicted molar refractivity (Wildman–Crippen MR) is 68.9 cm³/mol. The Morgan fingerprint density at radius 3 is 2.39 bits per heavy atom. The Morgan fingerprint density at radius 1 is 1.33 bits per heavy atom. The minimum atomic E-state index is -0.331. The highest BCUT2D eigenvalue weighted by molar-refractivity contribution is 6.54. The third kappa shape index (κ3) is 2.21. The number of methoxy groups -OCH3 is 1. The molecular weight excluding hydrogens is 231 g/mol. The summed E-state index contributed by atoms with van der Waals surface area (Å²) >= 11 is 0. The summed E-state index contributed by atoms with van der Waals surface area (Å²) in [6.45, 7) is 8.11. The van der Waals surface area contributed by atoms with E-state index in [0.717, 1.165) is 18.3 Å². The van der Waals surface area contributed by atoms with Crippen molar-refractivity contribution in [2.45, 2.75) is 51.7 Å². The van der Waals surface area contributed by atoms with Crippen LogP contribution >= 0.6 is 0 Å². The Balaban J connectivity index is 2.10. The number of ether oxygens (including phenoxy) is 1. The van der Waals surface area contributed by atoms with Gasteiger partial charge < -0.3 is 14.0 Å². The second-order valence-electron chi connectivity index (χ2n) is 6.00. The molecule has 1 heterocycles. The van der Waals surface area contributed by atoms with Crippen molar-refractivity contribution in [1.29, 1.82) is 0 Å². The molecule has 0 aromatic rings. The Hall–Kier alpha value is -0.805. The van der Waals surface area contributed by atoms with E-state index in [1.54, 1.807) is 0 Å². The first-order valence-electron chi connectivity index (χ1n) is 6.41. The molecule has 2 rings (SSSR count). The summed E-state index contributed by atoms with van der Waals surface area (Å²) in [5.41, 5.74) is 0.396. The molecule has 0 aromatic heterocycles. The van der Waals surface area contributed by atoms with E-state index in [9.17, 15) is 4.79 Å². The molecule has 1 fully saturated rings. The quantitative estimate of drug-likeness (QED) is 0.557. The molecule has 0 saturated carbocycles. The molecule has 18 heavy (non-hydrogen) atoms. The fourth-order valence-electron chi connectivity index (χ4n) is 2.28. The van der Waals surface area contributed by atoms with Crippen LogP contribution in [0, 0.1) is 5.92 Å². The van der Waals surface area contributed by atoms with Crippen LogP contribution in [0.25, 0.3) is 0 Å². The molecule has 4 nitrogen and oxygen atoms in total. The number of carbonyl (C=O) groups is 1. The van der Waals surface area contributed by atoms with Crippen molar-refractivity contribution in [2.24, 2.45) is 5.92 Å². The average Bonchev–Trinajstić information content (AvgIpc) is 2.82. The number of hydrogen-bond acceptors (Lipinski definition) is 4. The van der Waals surface area contributed by atoms with Crippen LogP contribution in [0.4, 0.5) is 0 Å². The van der Waals surface area contributed by atoms with Crippen molar-refractivity contribution in [3.8, 4) is 0 Å². The molecule has 5 heteroatoms. The zero-order valence-corrected chi connectivity index (χ0v) is 11.8. The fourth-order valence-corrected chi connectivity index (χ4v) is 2.28. The molecule has 2 aliphatic rings. The molecular formula is C13H21BO4. The molecule has 0 bridgehead atoms. The Bertz CT molecular complexity index is 370. The smallest absolute Gasteiger partial charge is 0.469 e. The molecule has 0 amide bonds. The number of hydrogen-bond donors (Lipinski definition) is 0. The lowest BCUT2D eigenvalue weighted by Crippen LogP contribution is -2.41. The zero-order valence-electron chi connectivity index (χ0n) is 11.8. The highest BCUT2D eigenvalue weighted by Crippen LogP contribution is 2.41. The SMILES string of the molecule is COC(=O)C1C=C(B2OC(C)(C)C(C)(C)O2)CC1. The highest BCUT2D eigenvalue weighted by atomic mass is 16.7. The lowest BCUT2D eigenvalue weighted by Gasteiger charge is -2.32.